The van der Waals surface area contributed by atoms with Crippen LogP contribution in [0.3, 0.4) is 0 Å². The highest BCUT2D eigenvalue weighted by molar-refractivity contribution is 6.34. The van der Waals surface area contributed by atoms with Gasteiger partial charge in [0.1, 0.15) is 0 Å². The van der Waals surface area contributed by atoms with E-state index in [-0.39, 0.29) is 63.6 Å². The number of piperidine rings is 1. The number of carboxylic acid groups (broad SMARTS) is 1. The number of alkyl halides is 2. The number of anilines is 1. The molecule has 47 heavy (non-hydrogen) atoms. The average Bonchev–Trinajstić information content (AvgIpc) is 3.69. The summed E-state index contributed by atoms with van der Waals surface area (Å²) in [6, 6.07) is 6.41. The van der Waals surface area contributed by atoms with Gasteiger partial charge in [0.15, 0.2) is 17.4 Å². The standard InChI is InChI=1S/C29H29ClF4N6O4.CH2O2/c1-39-21(19-4-5-22(44-29(33)34)24(32)23(19)31)14-36-25(39)27(42)37-16-2-3-18(20(30)12-16)28(43)40-10-7-15(8-11-40)26(41)38-17-6-9-35-13-17;2-1-3/h2-5,12,14-15,17,29,35H,6-11,13H2,1H3,(H,37,42)(H,38,41);1H,(H,2,3)/t17-;/m1./s1. The van der Waals surface area contributed by atoms with E-state index in [4.69, 9.17) is 21.5 Å². The molecule has 12 nitrogen and oxygen atoms in total. The molecular weight excluding hydrogens is 652 g/mol. The molecule has 0 radical (unpaired) electrons. The molecule has 0 spiro atoms. The van der Waals surface area contributed by atoms with Crippen molar-refractivity contribution in [1.29, 1.82) is 0 Å². The van der Waals surface area contributed by atoms with Crippen LogP contribution in [0.15, 0.2) is 36.5 Å². The summed E-state index contributed by atoms with van der Waals surface area (Å²) >= 11 is 6.42. The Kier molecular flexibility index (Phi) is 11.8. The minimum absolute atomic E-state index is 0.00548. The molecule has 0 bridgehead atoms. The second-order valence-electron chi connectivity index (χ2n) is 10.7. The first-order chi connectivity index (χ1) is 22.4. The first kappa shape index (κ1) is 35.2. The summed E-state index contributed by atoms with van der Waals surface area (Å²) in [5, 5.41) is 15.9. The maximum absolute atomic E-state index is 14.6. The van der Waals surface area contributed by atoms with Gasteiger partial charge in [-0.3, -0.25) is 19.2 Å². The summed E-state index contributed by atoms with van der Waals surface area (Å²) < 4.78 is 59.0. The van der Waals surface area contributed by atoms with Crippen molar-refractivity contribution in [2.75, 3.05) is 31.5 Å². The number of likely N-dealkylation sites (tertiary alicyclic amines) is 1. The van der Waals surface area contributed by atoms with Gasteiger partial charge in [-0.15, -0.1) is 0 Å². The van der Waals surface area contributed by atoms with Crippen molar-refractivity contribution in [1.82, 2.24) is 25.1 Å². The molecule has 3 heterocycles. The van der Waals surface area contributed by atoms with Gasteiger partial charge in [0.25, 0.3) is 18.3 Å². The number of benzene rings is 2. The molecular formula is C30H31ClF4N6O6. The van der Waals surface area contributed by atoms with Gasteiger partial charge < -0.3 is 35.3 Å². The van der Waals surface area contributed by atoms with Gasteiger partial charge >= 0.3 is 6.61 Å². The quantitative estimate of drug-likeness (QED) is 0.206. The topological polar surface area (TPSA) is 155 Å². The summed E-state index contributed by atoms with van der Waals surface area (Å²) in [4.78, 5) is 52.7. The Bertz CT molecular complexity index is 1630. The number of nitrogens with one attached hydrogen (secondary N) is 3. The molecule has 1 atom stereocenters. The second-order valence-corrected chi connectivity index (χ2v) is 11.1. The van der Waals surface area contributed by atoms with Crippen molar-refractivity contribution in [3.05, 3.63) is 64.6 Å². The van der Waals surface area contributed by atoms with Gasteiger partial charge in [-0.05, 0) is 56.1 Å². The zero-order valence-electron chi connectivity index (χ0n) is 24.9. The summed E-state index contributed by atoms with van der Waals surface area (Å²) in [5.74, 6) is -5.32. The number of carbonyl (C=O) groups excluding carboxylic acids is 3. The highest BCUT2D eigenvalue weighted by Crippen LogP contribution is 2.31. The van der Waals surface area contributed by atoms with Gasteiger partial charge in [0, 0.05) is 49.9 Å². The van der Waals surface area contributed by atoms with Crippen LogP contribution < -0.4 is 20.7 Å². The third kappa shape index (κ3) is 8.37. The van der Waals surface area contributed by atoms with E-state index in [0.29, 0.717) is 25.9 Å². The number of rotatable bonds is 8. The smallest absolute Gasteiger partial charge is 0.387 e. The molecule has 1 aromatic heterocycles. The van der Waals surface area contributed by atoms with Crippen LogP contribution in [0.5, 0.6) is 5.75 Å². The molecule has 0 aliphatic carbocycles. The molecule has 17 heteroatoms. The predicted molar refractivity (Wildman–Crippen MR) is 161 cm³/mol. The van der Waals surface area contributed by atoms with Gasteiger partial charge in [-0.1, -0.05) is 11.6 Å². The molecule has 4 N–H and O–H groups in total. The Morgan fingerprint density at radius 3 is 2.45 bits per heavy atom. The number of imidazole rings is 1. The zero-order chi connectivity index (χ0) is 34.2. The molecule has 2 aliphatic heterocycles. The summed E-state index contributed by atoms with van der Waals surface area (Å²) in [5.41, 5.74) is 0.176. The molecule has 2 saturated heterocycles. The minimum atomic E-state index is -3.33. The highest BCUT2D eigenvalue weighted by atomic mass is 35.5. The summed E-state index contributed by atoms with van der Waals surface area (Å²) in [6.07, 6.45) is 3.12. The van der Waals surface area contributed by atoms with Crippen LogP contribution in [0, 0.1) is 17.6 Å². The molecule has 5 rings (SSSR count). The molecule has 0 unspecified atom stereocenters. The average molecular weight is 683 g/mol. The maximum Gasteiger partial charge on any atom is 0.387 e. The van der Waals surface area contributed by atoms with Crippen LogP contribution in [0.1, 0.15) is 40.2 Å². The van der Waals surface area contributed by atoms with Crippen LogP contribution >= 0.6 is 11.6 Å². The minimum Gasteiger partial charge on any atom is -0.483 e. The van der Waals surface area contributed by atoms with E-state index in [0.717, 1.165) is 37.8 Å². The monoisotopic (exact) mass is 682 g/mol. The van der Waals surface area contributed by atoms with E-state index in [1.807, 2.05) is 0 Å². The number of amides is 3. The fraction of sp³-hybridized carbons (Fsp3) is 0.367. The summed E-state index contributed by atoms with van der Waals surface area (Å²) in [6.45, 7) is -1.13. The fourth-order valence-corrected chi connectivity index (χ4v) is 5.61. The molecule has 2 aliphatic rings. The largest absolute Gasteiger partial charge is 0.483 e. The first-order valence-corrected chi connectivity index (χ1v) is 14.8. The van der Waals surface area contributed by atoms with E-state index >= 15 is 0 Å². The lowest BCUT2D eigenvalue weighted by molar-refractivity contribution is -0.127. The van der Waals surface area contributed by atoms with Crippen LogP contribution in [-0.4, -0.2) is 82.6 Å². The Labute approximate surface area is 271 Å². The zero-order valence-corrected chi connectivity index (χ0v) is 25.7. The lowest BCUT2D eigenvalue weighted by atomic mass is 9.95. The van der Waals surface area contributed by atoms with Crippen LogP contribution in [0.2, 0.25) is 5.02 Å². The number of halogens is 5. The number of hydrogen-bond donors (Lipinski definition) is 4. The van der Waals surface area contributed by atoms with E-state index in [1.165, 1.54) is 29.8 Å². The first-order valence-electron chi connectivity index (χ1n) is 14.4. The van der Waals surface area contributed by atoms with Crippen molar-refractivity contribution >= 4 is 41.5 Å². The third-order valence-electron chi connectivity index (χ3n) is 7.75. The molecule has 252 valence electrons. The number of aromatic nitrogens is 2. The van der Waals surface area contributed by atoms with Crippen LogP contribution in [-0.2, 0) is 16.6 Å². The number of ether oxygens (including phenoxy) is 1. The number of hydrogen-bond acceptors (Lipinski definition) is 7. The van der Waals surface area contributed by atoms with Crippen molar-refractivity contribution in [2.24, 2.45) is 13.0 Å². The molecule has 2 fully saturated rings. The Morgan fingerprint density at radius 1 is 1.13 bits per heavy atom. The molecule has 3 aromatic rings. The molecule has 0 saturated carbocycles. The SMILES string of the molecule is Cn1c(-c2ccc(OC(F)F)c(F)c2F)cnc1C(=O)Nc1ccc(C(=O)N2CCC(C(=O)N[C@@H]3CCNC3)CC2)c(Cl)c1.O=CO. The summed E-state index contributed by atoms with van der Waals surface area (Å²) in [7, 11) is 1.39. The Morgan fingerprint density at radius 2 is 1.83 bits per heavy atom. The number of carbonyl (C=O) groups is 4. The molecule has 3 amide bonds. The van der Waals surface area contributed by atoms with Crippen LogP contribution in [0.4, 0.5) is 23.2 Å². The normalized spacial score (nSPS) is 16.3. The van der Waals surface area contributed by atoms with E-state index in [9.17, 15) is 31.9 Å². The van der Waals surface area contributed by atoms with Crippen molar-refractivity contribution < 1.29 is 46.6 Å². The fourth-order valence-electron chi connectivity index (χ4n) is 5.35. The van der Waals surface area contributed by atoms with Crippen molar-refractivity contribution in [2.45, 2.75) is 31.9 Å². The van der Waals surface area contributed by atoms with Gasteiger partial charge in [-0.2, -0.15) is 13.2 Å². The van der Waals surface area contributed by atoms with E-state index in [1.54, 1.807) is 4.90 Å². The van der Waals surface area contributed by atoms with Crippen LogP contribution in [0.25, 0.3) is 11.3 Å². The predicted octanol–water partition coefficient (Wildman–Crippen LogP) is 3.90. The van der Waals surface area contributed by atoms with Gasteiger partial charge in [0.05, 0.1) is 22.5 Å². The van der Waals surface area contributed by atoms with E-state index in [2.05, 4.69) is 25.7 Å². The number of nitrogens with zero attached hydrogens (tertiary/aromatic N) is 3. The van der Waals surface area contributed by atoms with E-state index < -0.39 is 29.9 Å². The Balaban J connectivity index is 0.00000160. The highest BCUT2D eigenvalue weighted by Gasteiger charge is 2.30. The Hall–Kier alpha value is -4.70. The van der Waals surface area contributed by atoms with Crippen molar-refractivity contribution in [3.63, 3.8) is 0 Å². The molecule has 2 aromatic carbocycles. The van der Waals surface area contributed by atoms with Gasteiger partial charge in [-0.25, -0.2) is 9.37 Å². The lowest BCUT2D eigenvalue weighted by Gasteiger charge is -2.32. The third-order valence-corrected chi connectivity index (χ3v) is 8.06. The maximum atomic E-state index is 14.6. The van der Waals surface area contributed by atoms with Gasteiger partial charge in [0.2, 0.25) is 11.7 Å². The second kappa shape index (κ2) is 15.7. The lowest BCUT2D eigenvalue weighted by Crippen LogP contribution is -2.45. The van der Waals surface area contributed by atoms with Crippen molar-refractivity contribution in [3.8, 4) is 17.0 Å².